The van der Waals surface area contributed by atoms with Crippen molar-refractivity contribution in [3.63, 3.8) is 0 Å². The molecular formula is C54H34N2O. The quantitative estimate of drug-likeness (QED) is 0.173. The Morgan fingerprint density at radius 3 is 1.46 bits per heavy atom. The van der Waals surface area contributed by atoms with E-state index in [2.05, 4.69) is 209 Å². The van der Waals surface area contributed by atoms with Gasteiger partial charge in [-0.05, 0) is 88.5 Å². The van der Waals surface area contributed by atoms with E-state index in [-0.39, 0.29) is 0 Å². The summed E-state index contributed by atoms with van der Waals surface area (Å²) in [6.45, 7) is 0. The lowest BCUT2D eigenvalue weighted by molar-refractivity contribution is 0.669. The third-order valence-electron chi connectivity index (χ3n) is 11.7. The highest BCUT2D eigenvalue weighted by molar-refractivity contribution is 6.16. The molecule has 3 heteroatoms. The standard InChI is InChI=1S/C54H34N2O/c1-3-15-35(16-4-1)39-33-51(54-43-22-10-14-26-52(43)57-53(54)34-39)56-48-25-13-9-21-42(48)45-32-38(28-30-50(45)56)37-27-29-49-44(31-37)41-20-8-12-24-47(41)55(49)46-23-11-7-19-40(46)36-17-5-2-6-18-36/h1-34H. The monoisotopic (exact) mass is 726 g/mol. The van der Waals surface area contributed by atoms with E-state index in [1.165, 1.54) is 60.5 Å². The zero-order valence-corrected chi connectivity index (χ0v) is 30.9. The summed E-state index contributed by atoms with van der Waals surface area (Å²) >= 11 is 0. The molecule has 0 fully saturated rings. The van der Waals surface area contributed by atoms with E-state index in [4.69, 9.17) is 4.42 Å². The van der Waals surface area contributed by atoms with E-state index >= 15 is 0 Å². The van der Waals surface area contributed by atoms with Gasteiger partial charge in [0.2, 0.25) is 0 Å². The van der Waals surface area contributed by atoms with Crippen molar-refractivity contribution in [2.45, 2.75) is 0 Å². The highest BCUT2D eigenvalue weighted by Crippen LogP contribution is 2.43. The molecule has 0 unspecified atom stereocenters. The Hall–Kier alpha value is -7.62. The summed E-state index contributed by atoms with van der Waals surface area (Å²) in [5.74, 6) is 0. The zero-order valence-electron chi connectivity index (χ0n) is 30.9. The first kappa shape index (κ1) is 31.7. The van der Waals surface area contributed by atoms with Crippen molar-refractivity contribution in [1.29, 1.82) is 0 Å². The molecule has 9 aromatic carbocycles. The Labute approximate surface area is 328 Å². The average molecular weight is 727 g/mol. The molecule has 3 nitrogen and oxygen atoms in total. The first-order valence-corrected chi connectivity index (χ1v) is 19.5. The number of aromatic nitrogens is 2. The van der Waals surface area contributed by atoms with Gasteiger partial charge in [0.1, 0.15) is 11.2 Å². The van der Waals surface area contributed by atoms with Crippen LogP contribution < -0.4 is 0 Å². The van der Waals surface area contributed by atoms with E-state index < -0.39 is 0 Å². The van der Waals surface area contributed by atoms with Gasteiger partial charge in [-0.1, -0.05) is 146 Å². The maximum Gasteiger partial charge on any atom is 0.138 e. The molecule has 0 radical (unpaired) electrons. The first-order valence-electron chi connectivity index (χ1n) is 19.5. The molecule has 0 atom stereocenters. The van der Waals surface area contributed by atoms with Crippen molar-refractivity contribution in [1.82, 2.24) is 9.13 Å². The summed E-state index contributed by atoms with van der Waals surface area (Å²) in [6, 6.07) is 74.4. The van der Waals surface area contributed by atoms with Crippen LogP contribution in [0, 0.1) is 0 Å². The molecule has 0 spiro atoms. The van der Waals surface area contributed by atoms with Crippen LogP contribution in [0.15, 0.2) is 211 Å². The molecule has 0 N–H and O–H groups in total. The molecule has 0 amide bonds. The maximum atomic E-state index is 6.56. The lowest BCUT2D eigenvalue weighted by atomic mass is 10.00. The third-order valence-corrected chi connectivity index (χ3v) is 11.7. The fourth-order valence-electron chi connectivity index (χ4n) is 9.16. The van der Waals surface area contributed by atoms with Crippen molar-refractivity contribution in [2.24, 2.45) is 0 Å². The second kappa shape index (κ2) is 12.5. The molecule has 0 bridgehead atoms. The Morgan fingerprint density at radius 2 is 0.789 bits per heavy atom. The molecule has 12 rings (SSSR count). The predicted octanol–water partition coefficient (Wildman–Crippen LogP) is 14.8. The summed E-state index contributed by atoms with van der Waals surface area (Å²) in [7, 11) is 0. The van der Waals surface area contributed by atoms with Gasteiger partial charge < -0.3 is 13.6 Å². The summed E-state index contributed by atoms with van der Waals surface area (Å²) in [6.07, 6.45) is 0. The minimum absolute atomic E-state index is 0.883. The molecule has 3 aromatic heterocycles. The summed E-state index contributed by atoms with van der Waals surface area (Å²) in [5, 5.41) is 7.14. The van der Waals surface area contributed by atoms with E-state index in [1.807, 2.05) is 6.07 Å². The van der Waals surface area contributed by atoms with E-state index in [9.17, 15) is 0 Å². The van der Waals surface area contributed by atoms with Crippen LogP contribution in [0.1, 0.15) is 0 Å². The summed E-state index contributed by atoms with van der Waals surface area (Å²) in [5.41, 5.74) is 15.8. The Bertz CT molecular complexity index is 3510. The highest BCUT2D eigenvalue weighted by Gasteiger charge is 2.21. The fourth-order valence-corrected chi connectivity index (χ4v) is 9.16. The third kappa shape index (κ3) is 4.86. The maximum absolute atomic E-state index is 6.56. The molecule has 0 saturated carbocycles. The normalized spacial score (nSPS) is 11.9. The number of benzene rings is 9. The molecule has 3 heterocycles. The van der Waals surface area contributed by atoms with Crippen molar-refractivity contribution in [3.05, 3.63) is 206 Å². The second-order valence-corrected chi connectivity index (χ2v) is 14.9. The van der Waals surface area contributed by atoms with Crippen LogP contribution in [0.2, 0.25) is 0 Å². The molecule has 0 aliphatic rings. The summed E-state index contributed by atoms with van der Waals surface area (Å²) < 4.78 is 11.4. The highest BCUT2D eigenvalue weighted by atomic mass is 16.3. The van der Waals surface area contributed by atoms with Gasteiger partial charge in [-0.2, -0.15) is 0 Å². The van der Waals surface area contributed by atoms with Crippen molar-refractivity contribution < 1.29 is 4.42 Å². The van der Waals surface area contributed by atoms with Crippen molar-refractivity contribution in [3.8, 4) is 44.8 Å². The number of para-hydroxylation sites is 4. The van der Waals surface area contributed by atoms with E-state index in [0.29, 0.717) is 0 Å². The number of hydrogen-bond acceptors (Lipinski definition) is 1. The van der Waals surface area contributed by atoms with Crippen molar-refractivity contribution in [2.75, 3.05) is 0 Å². The van der Waals surface area contributed by atoms with Crippen LogP contribution in [0.5, 0.6) is 0 Å². The topological polar surface area (TPSA) is 23.0 Å². The molecule has 57 heavy (non-hydrogen) atoms. The van der Waals surface area contributed by atoms with Crippen LogP contribution in [0.25, 0.3) is 110 Å². The lowest BCUT2D eigenvalue weighted by Gasteiger charge is -2.14. The Balaban J connectivity index is 1.07. The largest absolute Gasteiger partial charge is 0.456 e. The van der Waals surface area contributed by atoms with Gasteiger partial charge in [-0.3, -0.25) is 0 Å². The fraction of sp³-hybridized carbons (Fsp3) is 0. The number of hydrogen-bond donors (Lipinski definition) is 0. The van der Waals surface area contributed by atoms with Crippen LogP contribution in [-0.2, 0) is 0 Å². The number of nitrogens with zero attached hydrogens (tertiary/aromatic N) is 2. The van der Waals surface area contributed by atoms with Gasteiger partial charge in [0.05, 0.1) is 38.8 Å². The minimum Gasteiger partial charge on any atom is -0.456 e. The Morgan fingerprint density at radius 1 is 0.281 bits per heavy atom. The SMILES string of the molecule is c1ccc(-c2cc(-n3c4ccccc4c4cc(-c5ccc6c(c5)c5ccccc5n6-c5ccccc5-c5ccccc5)ccc43)c3c(c2)oc2ccccc23)cc1. The molecule has 0 aliphatic heterocycles. The number of rotatable bonds is 5. The average Bonchev–Trinajstić information content (AvgIpc) is 3.94. The molecule has 0 saturated heterocycles. The van der Waals surface area contributed by atoms with E-state index in [1.54, 1.807) is 0 Å². The van der Waals surface area contributed by atoms with Gasteiger partial charge in [-0.25, -0.2) is 0 Å². The molecular weight excluding hydrogens is 693 g/mol. The predicted molar refractivity (Wildman–Crippen MR) is 239 cm³/mol. The first-order chi connectivity index (χ1) is 28.3. The lowest BCUT2D eigenvalue weighted by Crippen LogP contribution is -1.97. The smallest absolute Gasteiger partial charge is 0.138 e. The van der Waals surface area contributed by atoms with Gasteiger partial charge >= 0.3 is 0 Å². The number of furan rings is 1. The number of fused-ring (bicyclic) bond motifs is 9. The summed E-state index contributed by atoms with van der Waals surface area (Å²) in [4.78, 5) is 0. The molecule has 12 aromatic rings. The van der Waals surface area contributed by atoms with Crippen LogP contribution in [0.4, 0.5) is 0 Å². The van der Waals surface area contributed by atoms with Gasteiger partial charge in [0, 0.05) is 32.5 Å². The van der Waals surface area contributed by atoms with Gasteiger partial charge in [0.25, 0.3) is 0 Å². The van der Waals surface area contributed by atoms with E-state index in [0.717, 1.165) is 49.8 Å². The molecule has 266 valence electrons. The Kier molecular flexibility index (Phi) is 6.93. The van der Waals surface area contributed by atoms with Crippen LogP contribution in [-0.4, -0.2) is 9.13 Å². The van der Waals surface area contributed by atoms with Crippen LogP contribution >= 0.6 is 0 Å². The second-order valence-electron chi connectivity index (χ2n) is 14.9. The minimum atomic E-state index is 0.883. The molecule has 0 aliphatic carbocycles. The van der Waals surface area contributed by atoms with Gasteiger partial charge in [0.15, 0.2) is 0 Å². The van der Waals surface area contributed by atoms with Crippen molar-refractivity contribution >= 4 is 65.6 Å². The van der Waals surface area contributed by atoms with Gasteiger partial charge in [-0.15, -0.1) is 0 Å². The zero-order chi connectivity index (χ0) is 37.5. The van der Waals surface area contributed by atoms with Crippen LogP contribution in [0.3, 0.4) is 0 Å².